The molecule has 0 aliphatic rings. The van der Waals surface area contributed by atoms with Crippen molar-refractivity contribution in [2.75, 3.05) is 19.6 Å². The number of nitrogens with zero attached hydrogens (tertiary/aromatic N) is 1. The van der Waals surface area contributed by atoms with E-state index in [4.69, 9.17) is 4.52 Å². The quantitative estimate of drug-likeness (QED) is 0.638. The molecule has 1 aromatic rings. The molecule has 0 saturated heterocycles. The van der Waals surface area contributed by atoms with E-state index < -0.39 is 0 Å². The first-order chi connectivity index (χ1) is 7.29. The highest BCUT2D eigenvalue weighted by atomic mass is 16.5. The van der Waals surface area contributed by atoms with Crippen LogP contribution in [0.5, 0.6) is 0 Å². The van der Waals surface area contributed by atoms with Gasteiger partial charge in [0.15, 0.2) is 0 Å². The van der Waals surface area contributed by atoms with Crippen LogP contribution in [0.2, 0.25) is 0 Å². The molecule has 0 aliphatic carbocycles. The van der Waals surface area contributed by atoms with Crippen LogP contribution in [0.1, 0.15) is 26.0 Å². The van der Waals surface area contributed by atoms with Crippen molar-refractivity contribution < 1.29 is 4.52 Å². The monoisotopic (exact) mass is 211 g/mol. The minimum Gasteiger partial charge on any atom is -0.364 e. The van der Waals surface area contributed by atoms with Gasteiger partial charge < -0.3 is 15.2 Å². The summed E-state index contributed by atoms with van der Waals surface area (Å²) in [5.41, 5.74) is 0.963. The zero-order valence-corrected chi connectivity index (χ0v) is 9.62. The van der Waals surface area contributed by atoms with E-state index in [-0.39, 0.29) is 0 Å². The molecule has 0 unspecified atom stereocenters. The Kier molecular flexibility index (Phi) is 6.04. The molecular formula is C11H21N3O. The molecular weight excluding hydrogens is 190 g/mol. The molecule has 0 bridgehead atoms. The fraction of sp³-hybridized carbons (Fsp3) is 0.727. The summed E-state index contributed by atoms with van der Waals surface area (Å²) in [6.45, 7) is 8.41. The van der Waals surface area contributed by atoms with Crippen molar-refractivity contribution in [1.29, 1.82) is 0 Å². The fourth-order valence-electron chi connectivity index (χ4n) is 1.27. The number of hydrogen-bond donors (Lipinski definition) is 2. The van der Waals surface area contributed by atoms with E-state index in [1.807, 2.05) is 6.07 Å². The second-order valence-corrected chi connectivity index (χ2v) is 4.12. The molecule has 0 atom stereocenters. The Hall–Kier alpha value is -0.870. The molecule has 15 heavy (non-hydrogen) atoms. The second-order valence-electron chi connectivity index (χ2n) is 4.12. The summed E-state index contributed by atoms with van der Waals surface area (Å²) in [5.74, 6) is 0.730. The van der Waals surface area contributed by atoms with Gasteiger partial charge in [-0.1, -0.05) is 19.0 Å². The van der Waals surface area contributed by atoms with E-state index in [0.717, 1.165) is 44.2 Å². The maximum Gasteiger partial charge on any atom is 0.124 e. The van der Waals surface area contributed by atoms with Crippen LogP contribution in [0.3, 0.4) is 0 Å². The highest BCUT2D eigenvalue weighted by Gasteiger charge is 1.95. The highest BCUT2D eigenvalue weighted by Crippen LogP contribution is 1.92. The molecule has 0 radical (unpaired) electrons. The molecule has 1 heterocycles. The summed E-state index contributed by atoms with van der Waals surface area (Å²) in [6, 6.07) is 1.88. The van der Waals surface area contributed by atoms with Gasteiger partial charge in [-0.15, -0.1) is 0 Å². The average molecular weight is 211 g/mol. The SMILES string of the molecule is CC(C)CNCCCNCc1ccon1. The third kappa shape index (κ3) is 6.25. The van der Waals surface area contributed by atoms with Gasteiger partial charge in [-0.2, -0.15) is 0 Å². The number of aromatic nitrogens is 1. The van der Waals surface area contributed by atoms with Crippen molar-refractivity contribution in [3.8, 4) is 0 Å². The predicted molar refractivity (Wildman–Crippen MR) is 60.5 cm³/mol. The van der Waals surface area contributed by atoms with Gasteiger partial charge in [0.1, 0.15) is 6.26 Å². The van der Waals surface area contributed by atoms with Gasteiger partial charge in [-0.05, 0) is 32.0 Å². The van der Waals surface area contributed by atoms with E-state index in [9.17, 15) is 0 Å². The first-order valence-electron chi connectivity index (χ1n) is 5.59. The largest absolute Gasteiger partial charge is 0.364 e. The van der Waals surface area contributed by atoms with Crippen LogP contribution < -0.4 is 10.6 Å². The Morgan fingerprint density at radius 1 is 1.33 bits per heavy atom. The van der Waals surface area contributed by atoms with Crippen molar-refractivity contribution in [1.82, 2.24) is 15.8 Å². The van der Waals surface area contributed by atoms with E-state index in [0.29, 0.717) is 0 Å². The van der Waals surface area contributed by atoms with Crippen LogP contribution in [0.25, 0.3) is 0 Å². The van der Waals surface area contributed by atoms with Gasteiger partial charge in [0.25, 0.3) is 0 Å². The Balaban J connectivity index is 1.85. The first kappa shape index (κ1) is 12.2. The highest BCUT2D eigenvalue weighted by molar-refractivity contribution is 4.93. The summed E-state index contributed by atoms with van der Waals surface area (Å²) in [4.78, 5) is 0. The molecule has 2 N–H and O–H groups in total. The molecule has 0 fully saturated rings. The maximum absolute atomic E-state index is 4.73. The summed E-state index contributed by atoms with van der Waals surface area (Å²) < 4.78 is 4.73. The van der Waals surface area contributed by atoms with Crippen LogP contribution in [0, 0.1) is 5.92 Å². The van der Waals surface area contributed by atoms with Gasteiger partial charge in [-0.3, -0.25) is 0 Å². The van der Waals surface area contributed by atoms with E-state index in [2.05, 4.69) is 29.6 Å². The Labute approximate surface area is 91.4 Å². The van der Waals surface area contributed by atoms with Gasteiger partial charge in [0, 0.05) is 12.6 Å². The van der Waals surface area contributed by atoms with E-state index >= 15 is 0 Å². The third-order valence-corrected chi connectivity index (χ3v) is 2.06. The molecule has 0 saturated carbocycles. The Morgan fingerprint density at radius 2 is 2.13 bits per heavy atom. The van der Waals surface area contributed by atoms with Crippen molar-refractivity contribution >= 4 is 0 Å². The Morgan fingerprint density at radius 3 is 2.80 bits per heavy atom. The topological polar surface area (TPSA) is 50.1 Å². The summed E-state index contributed by atoms with van der Waals surface area (Å²) in [7, 11) is 0. The van der Waals surface area contributed by atoms with E-state index in [1.54, 1.807) is 6.26 Å². The van der Waals surface area contributed by atoms with E-state index in [1.165, 1.54) is 0 Å². The number of hydrogen-bond acceptors (Lipinski definition) is 4. The molecule has 1 aromatic heterocycles. The summed E-state index contributed by atoms with van der Waals surface area (Å²) in [6.07, 6.45) is 2.74. The maximum atomic E-state index is 4.73. The van der Waals surface area contributed by atoms with Crippen LogP contribution >= 0.6 is 0 Å². The smallest absolute Gasteiger partial charge is 0.124 e. The van der Waals surface area contributed by atoms with Gasteiger partial charge >= 0.3 is 0 Å². The van der Waals surface area contributed by atoms with Crippen LogP contribution in [-0.4, -0.2) is 24.8 Å². The fourth-order valence-corrected chi connectivity index (χ4v) is 1.27. The van der Waals surface area contributed by atoms with Gasteiger partial charge in [-0.25, -0.2) is 0 Å². The third-order valence-electron chi connectivity index (χ3n) is 2.06. The van der Waals surface area contributed by atoms with Gasteiger partial charge in [0.05, 0.1) is 5.69 Å². The number of rotatable bonds is 8. The molecule has 86 valence electrons. The summed E-state index contributed by atoms with van der Waals surface area (Å²) in [5, 5.41) is 10.5. The molecule has 1 rings (SSSR count). The van der Waals surface area contributed by atoms with Crippen molar-refractivity contribution in [3.63, 3.8) is 0 Å². The zero-order chi connectivity index (χ0) is 10.9. The van der Waals surface area contributed by atoms with Crippen LogP contribution in [-0.2, 0) is 6.54 Å². The normalized spacial score (nSPS) is 11.1. The second kappa shape index (κ2) is 7.43. The molecule has 0 amide bonds. The Bertz CT molecular complexity index is 234. The molecule has 4 heteroatoms. The summed E-state index contributed by atoms with van der Waals surface area (Å²) >= 11 is 0. The van der Waals surface area contributed by atoms with Crippen LogP contribution in [0.15, 0.2) is 16.9 Å². The predicted octanol–water partition coefficient (Wildman–Crippen LogP) is 1.40. The van der Waals surface area contributed by atoms with Crippen molar-refractivity contribution in [2.24, 2.45) is 5.92 Å². The van der Waals surface area contributed by atoms with Gasteiger partial charge in [0.2, 0.25) is 0 Å². The zero-order valence-electron chi connectivity index (χ0n) is 9.62. The molecule has 4 nitrogen and oxygen atoms in total. The lowest BCUT2D eigenvalue weighted by Crippen LogP contribution is -2.24. The lowest BCUT2D eigenvalue weighted by Gasteiger charge is -2.07. The van der Waals surface area contributed by atoms with Crippen molar-refractivity contribution in [2.45, 2.75) is 26.8 Å². The minimum absolute atomic E-state index is 0.730. The van der Waals surface area contributed by atoms with Crippen molar-refractivity contribution in [3.05, 3.63) is 18.0 Å². The molecule has 0 aromatic carbocycles. The number of nitrogens with one attached hydrogen (secondary N) is 2. The lowest BCUT2D eigenvalue weighted by atomic mass is 10.2. The minimum atomic E-state index is 0.730. The van der Waals surface area contributed by atoms with Crippen LogP contribution in [0.4, 0.5) is 0 Å². The standard InChI is InChI=1S/C11H21N3O/c1-10(2)8-12-5-3-6-13-9-11-4-7-15-14-11/h4,7,10,12-13H,3,5-6,8-9H2,1-2H3. The molecule has 0 aliphatic heterocycles. The molecule has 0 spiro atoms. The first-order valence-corrected chi connectivity index (χ1v) is 5.59. The lowest BCUT2D eigenvalue weighted by molar-refractivity contribution is 0.408. The average Bonchev–Trinajstić information content (AvgIpc) is 2.68.